The van der Waals surface area contributed by atoms with Gasteiger partial charge in [-0.15, -0.1) is 11.3 Å². The van der Waals surface area contributed by atoms with E-state index >= 15 is 0 Å². The summed E-state index contributed by atoms with van der Waals surface area (Å²) in [6.45, 7) is 3.29. The van der Waals surface area contributed by atoms with E-state index in [0.717, 1.165) is 34.4 Å². The number of para-hydroxylation sites is 2. The molecule has 4 aromatic rings. The average Bonchev–Trinajstić information content (AvgIpc) is 3.38. The van der Waals surface area contributed by atoms with Crippen LogP contribution in [0, 0.1) is 6.92 Å². The molecule has 0 bridgehead atoms. The van der Waals surface area contributed by atoms with Crippen LogP contribution >= 0.6 is 11.3 Å². The summed E-state index contributed by atoms with van der Waals surface area (Å²) in [6, 6.07) is 16.0. The number of hydrogen-bond acceptors (Lipinski definition) is 4. The zero-order valence-electron chi connectivity index (χ0n) is 16.7. The number of aromatic amines is 1. The van der Waals surface area contributed by atoms with E-state index in [9.17, 15) is 9.59 Å². The Morgan fingerprint density at radius 1 is 1.10 bits per heavy atom. The van der Waals surface area contributed by atoms with Crippen LogP contribution in [0.3, 0.4) is 0 Å². The molecule has 7 heteroatoms. The molecule has 0 saturated carbocycles. The number of amides is 1. The maximum atomic E-state index is 13.0. The Balaban J connectivity index is 1.30. The molecule has 5 rings (SSSR count). The van der Waals surface area contributed by atoms with Gasteiger partial charge in [0.25, 0.3) is 5.91 Å². The Morgan fingerprint density at radius 3 is 2.60 bits per heavy atom. The molecule has 1 fully saturated rings. The summed E-state index contributed by atoms with van der Waals surface area (Å²) in [7, 11) is 0. The highest BCUT2D eigenvalue weighted by molar-refractivity contribution is 7.13. The fraction of sp³-hybridized carbons (Fsp3) is 0.261. The lowest BCUT2D eigenvalue weighted by Crippen LogP contribution is -2.40. The Morgan fingerprint density at radius 2 is 1.83 bits per heavy atom. The largest absolute Gasteiger partial charge is 0.337 e. The summed E-state index contributed by atoms with van der Waals surface area (Å²) in [5.74, 6) is -0.0330. The quantitative estimate of drug-likeness (QED) is 0.541. The molecular weight excluding hydrogens is 396 g/mol. The van der Waals surface area contributed by atoms with Crippen molar-refractivity contribution in [2.24, 2.45) is 0 Å². The van der Waals surface area contributed by atoms with Crippen molar-refractivity contribution in [3.8, 4) is 10.6 Å². The third-order valence-electron chi connectivity index (χ3n) is 5.76. The van der Waals surface area contributed by atoms with E-state index in [2.05, 4.69) is 29.0 Å². The van der Waals surface area contributed by atoms with Gasteiger partial charge in [0, 0.05) is 30.1 Å². The first kappa shape index (κ1) is 18.8. The molecular formula is C23H22N4O2S. The van der Waals surface area contributed by atoms with Crippen LogP contribution in [-0.2, 0) is 0 Å². The van der Waals surface area contributed by atoms with Gasteiger partial charge in [-0.05, 0) is 31.9 Å². The predicted molar refractivity (Wildman–Crippen MR) is 119 cm³/mol. The van der Waals surface area contributed by atoms with Crippen molar-refractivity contribution in [3.05, 3.63) is 75.7 Å². The molecule has 152 valence electrons. The van der Waals surface area contributed by atoms with Crippen LogP contribution in [0.1, 0.15) is 34.9 Å². The van der Waals surface area contributed by atoms with Gasteiger partial charge in [0.1, 0.15) is 10.7 Å². The zero-order valence-corrected chi connectivity index (χ0v) is 17.5. The van der Waals surface area contributed by atoms with Crippen LogP contribution in [-0.4, -0.2) is 38.4 Å². The normalized spacial score (nSPS) is 15.0. The Bertz CT molecular complexity index is 1260. The number of carbonyl (C=O) groups excluding carboxylic acids is 1. The second-order valence-electron chi connectivity index (χ2n) is 7.74. The van der Waals surface area contributed by atoms with Crippen molar-refractivity contribution in [1.82, 2.24) is 19.4 Å². The molecule has 2 aromatic carbocycles. The number of carbonyl (C=O) groups is 1. The van der Waals surface area contributed by atoms with Gasteiger partial charge in [-0.2, -0.15) is 0 Å². The lowest BCUT2D eigenvalue weighted by Gasteiger charge is -2.32. The Kier molecular flexibility index (Phi) is 4.75. The maximum absolute atomic E-state index is 13.0. The van der Waals surface area contributed by atoms with E-state index < -0.39 is 0 Å². The van der Waals surface area contributed by atoms with Crippen molar-refractivity contribution in [2.45, 2.75) is 25.8 Å². The van der Waals surface area contributed by atoms with Gasteiger partial charge in [-0.3, -0.25) is 9.36 Å². The highest BCUT2D eigenvalue weighted by atomic mass is 32.1. The molecule has 2 aromatic heterocycles. The number of thiazole rings is 1. The number of aromatic nitrogens is 3. The number of aryl methyl sites for hydroxylation is 1. The highest BCUT2D eigenvalue weighted by Crippen LogP contribution is 2.28. The Hall–Kier alpha value is -3.19. The first-order valence-corrected chi connectivity index (χ1v) is 11.0. The fourth-order valence-electron chi connectivity index (χ4n) is 4.13. The van der Waals surface area contributed by atoms with Crippen LogP contribution in [0.25, 0.3) is 21.6 Å². The number of benzene rings is 2. The molecule has 1 amide bonds. The monoisotopic (exact) mass is 418 g/mol. The Labute approximate surface area is 177 Å². The zero-order chi connectivity index (χ0) is 20.7. The number of fused-ring (bicyclic) bond motifs is 1. The summed E-state index contributed by atoms with van der Waals surface area (Å²) in [6.07, 6.45) is 1.50. The first-order chi connectivity index (χ1) is 14.6. The molecule has 6 nitrogen and oxygen atoms in total. The summed E-state index contributed by atoms with van der Waals surface area (Å²) in [5.41, 5.74) is 4.42. The van der Waals surface area contributed by atoms with E-state index in [4.69, 9.17) is 0 Å². The number of H-pyrrole nitrogens is 1. The van der Waals surface area contributed by atoms with E-state index in [1.807, 2.05) is 51.2 Å². The summed E-state index contributed by atoms with van der Waals surface area (Å²) in [5, 5.41) is 2.70. The molecule has 1 aliphatic heterocycles. The minimum Gasteiger partial charge on any atom is -0.337 e. The second kappa shape index (κ2) is 7.57. The molecule has 1 saturated heterocycles. The molecule has 0 aliphatic carbocycles. The molecule has 0 atom stereocenters. The molecule has 30 heavy (non-hydrogen) atoms. The number of hydrogen-bond donors (Lipinski definition) is 1. The van der Waals surface area contributed by atoms with Gasteiger partial charge >= 0.3 is 5.69 Å². The molecule has 1 N–H and O–H groups in total. The molecule has 0 unspecified atom stereocenters. The van der Waals surface area contributed by atoms with Crippen molar-refractivity contribution in [3.63, 3.8) is 0 Å². The SMILES string of the molecule is Cc1ccc(-c2nc(C(=O)N3CCC(n4c(=O)[nH]c5ccccc54)CC3)cs2)cc1. The van der Waals surface area contributed by atoms with Gasteiger partial charge in [0.15, 0.2) is 0 Å². The summed E-state index contributed by atoms with van der Waals surface area (Å²) < 4.78 is 1.84. The van der Waals surface area contributed by atoms with Crippen molar-refractivity contribution in [1.29, 1.82) is 0 Å². The summed E-state index contributed by atoms with van der Waals surface area (Å²) in [4.78, 5) is 34.8. The van der Waals surface area contributed by atoms with Crippen LogP contribution in [0.4, 0.5) is 0 Å². The lowest BCUT2D eigenvalue weighted by atomic mass is 10.0. The number of nitrogens with zero attached hydrogens (tertiary/aromatic N) is 3. The van der Waals surface area contributed by atoms with Gasteiger partial charge in [0.2, 0.25) is 0 Å². The third-order valence-corrected chi connectivity index (χ3v) is 6.65. The van der Waals surface area contributed by atoms with Gasteiger partial charge in [0.05, 0.1) is 11.0 Å². The van der Waals surface area contributed by atoms with Gasteiger partial charge < -0.3 is 9.88 Å². The predicted octanol–water partition coefficient (Wildman–Crippen LogP) is 4.24. The van der Waals surface area contributed by atoms with E-state index in [-0.39, 0.29) is 17.6 Å². The lowest BCUT2D eigenvalue weighted by molar-refractivity contribution is 0.0690. The number of rotatable bonds is 3. The summed E-state index contributed by atoms with van der Waals surface area (Å²) >= 11 is 1.49. The maximum Gasteiger partial charge on any atom is 0.326 e. The molecule has 0 radical (unpaired) electrons. The number of piperidine rings is 1. The number of imidazole rings is 1. The fourth-order valence-corrected chi connectivity index (χ4v) is 4.93. The van der Waals surface area contributed by atoms with Crippen molar-refractivity contribution >= 4 is 28.3 Å². The smallest absolute Gasteiger partial charge is 0.326 e. The van der Waals surface area contributed by atoms with Gasteiger partial charge in [-0.25, -0.2) is 9.78 Å². The highest BCUT2D eigenvalue weighted by Gasteiger charge is 2.27. The van der Waals surface area contributed by atoms with Crippen LogP contribution in [0.2, 0.25) is 0 Å². The topological polar surface area (TPSA) is 71.0 Å². The van der Waals surface area contributed by atoms with Crippen LogP contribution in [0.5, 0.6) is 0 Å². The van der Waals surface area contributed by atoms with Crippen molar-refractivity contribution < 1.29 is 4.79 Å². The van der Waals surface area contributed by atoms with E-state index in [0.29, 0.717) is 18.8 Å². The number of likely N-dealkylation sites (tertiary alicyclic amines) is 1. The number of nitrogens with one attached hydrogen (secondary N) is 1. The minimum atomic E-state index is -0.0804. The average molecular weight is 419 g/mol. The second-order valence-corrected chi connectivity index (χ2v) is 8.60. The molecule has 1 aliphatic rings. The first-order valence-electron chi connectivity index (χ1n) is 10.1. The van der Waals surface area contributed by atoms with Crippen molar-refractivity contribution in [2.75, 3.05) is 13.1 Å². The van der Waals surface area contributed by atoms with Crippen LogP contribution < -0.4 is 5.69 Å². The van der Waals surface area contributed by atoms with Gasteiger partial charge in [-0.1, -0.05) is 42.0 Å². The van der Waals surface area contributed by atoms with E-state index in [1.54, 1.807) is 0 Å². The standard InChI is InChI=1S/C23H22N4O2S/c1-15-6-8-16(9-7-15)21-24-19(14-30-21)22(28)26-12-10-17(11-13-26)27-20-5-3-2-4-18(20)25-23(27)29/h2-9,14,17H,10-13H2,1H3,(H,25,29). The minimum absolute atomic E-state index is 0.0330. The van der Waals surface area contributed by atoms with Crippen LogP contribution in [0.15, 0.2) is 58.7 Å². The van der Waals surface area contributed by atoms with E-state index in [1.165, 1.54) is 16.9 Å². The molecule has 0 spiro atoms. The molecule has 3 heterocycles. The third kappa shape index (κ3) is 3.35.